The van der Waals surface area contributed by atoms with E-state index in [0.717, 1.165) is 6.42 Å². The highest BCUT2D eigenvalue weighted by Gasteiger charge is 2.44. The van der Waals surface area contributed by atoms with E-state index in [1.54, 1.807) is 0 Å². The monoisotopic (exact) mass is 211 g/mol. The summed E-state index contributed by atoms with van der Waals surface area (Å²) >= 11 is 0. The third kappa shape index (κ3) is 2.07. The van der Waals surface area contributed by atoms with Crippen LogP contribution in [0.4, 0.5) is 0 Å². The fourth-order valence-electron chi connectivity index (χ4n) is 3.57. The molecule has 0 aromatic heterocycles. The highest BCUT2D eigenvalue weighted by molar-refractivity contribution is 5.00. The van der Waals surface area contributed by atoms with Gasteiger partial charge in [-0.15, -0.1) is 0 Å². The van der Waals surface area contributed by atoms with E-state index in [4.69, 9.17) is 0 Å². The zero-order valence-electron chi connectivity index (χ0n) is 10.0. The van der Waals surface area contributed by atoms with E-state index in [1.165, 1.54) is 58.0 Å². The van der Waals surface area contributed by atoms with Crippen LogP contribution >= 0.6 is 0 Å². The molecule has 2 aliphatic rings. The first-order chi connectivity index (χ1) is 7.29. The normalized spacial score (nSPS) is 29.2. The zero-order chi connectivity index (χ0) is 10.7. The first-order valence-corrected chi connectivity index (χ1v) is 6.73. The maximum Gasteiger partial charge on any atom is 0.0721 e. The van der Waals surface area contributed by atoms with Crippen LogP contribution in [-0.2, 0) is 0 Å². The summed E-state index contributed by atoms with van der Waals surface area (Å²) in [7, 11) is 0. The van der Waals surface area contributed by atoms with Crippen molar-refractivity contribution in [3.63, 3.8) is 0 Å². The largest absolute Gasteiger partial charge is 0.391 e. The van der Waals surface area contributed by atoms with Crippen LogP contribution in [0.15, 0.2) is 0 Å². The summed E-state index contributed by atoms with van der Waals surface area (Å²) in [5, 5.41) is 10.3. The lowest BCUT2D eigenvalue weighted by Gasteiger charge is -2.46. The van der Waals surface area contributed by atoms with Crippen molar-refractivity contribution in [3.8, 4) is 0 Å². The van der Waals surface area contributed by atoms with Crippen LogP contribution in [0, 0.1) is 0 Å². The number of piperidine rings is 1. The van der Waals surface area contributed by atoms with Crippen LogP contribution in [0.25, 0.3) is 0 Å². The van der Waals surface area contributed by atoms with Crippen LogP contribution in [-0.4, -0.2) is 34.7 Å². The third-order valence-electron chi connectivity index (χ3n) is 4.46. The van der Waals surface area contributed by atoms with E-state index in [2.05, 4.69) is 11.8 Å². The standard InChI is InChI=1S/C13H25NO/c1-2-12(15)13(8-4-5-9-13)14-10-6-3-7-11-14/h12,15H,2-11H2,1H3. The number of rotatable bonds is 3. The molecular formula is C13H25NO. The van der Waals surface area contributed by atoms with E-state index < -0.39 is 0 Å². The summed E-state index contributed by atoms with van der Waals surface area (Å²) in [6.07, 6.45) is 9.94. The molecule has 0 bridgehead atoms. The van der Waals surface area contributed by atoms with Gasteiger partial charge in [-0.3, -0.25) is 4.90 Å². The molecule has 2 nitrogen and oxygen atoms in total. The van der Waals surface area contributed by atoms with Crippen molar-refractivity contribution in [2.24, 2.45) is 0 Å². The zero-order valence-corrected chi connectivity index (χ0v) is 10.0. The van der Waals surface area contributed by atoms with Gasteiger partial charge < -0.3 is 5.11 Å². The van der Waals surface area contributed by atoms with Crippen molar-refractivity contribution in [3.05, 3.63) is 0 Å². The molecule has 1 saturated heterocycles. The SMILES string of the molecule is CCC(O)C1(N2CCCCC2)CCCC1. The number of likely N-dealkylation sites (tertiary alicyclic amines) is 1. The fourth-order valence-corrected chi connectivity index (χ4v) is 3.57. The molecule has 2 rings (SSSR count). The van der Waals surface area contributed by atoms with Crippen LogP contribution < -0.4 is 0 Å². The summed E-state index contributed by atoms with van der Waals surface area (Å²) in [6.45, 7) is 4.56. The van der Waals surface area contributed by atoms with Crippen molar-refractivity contribution < 1.29 is 5.11 Å². The summed E-state index contributed by atoms with van der Waals surface area (Å²) in [6, 6.07) is 0. The molecule has 0 spiro atoms. The number of aliphatic hydroxyl groups excluding tert-OH is 1. The smallest absolute Gasteiger partial charge is 0.0721 e. The first kappa shape index (κ1) is 11.4. The second-order valence-electron chi connectivity index (χ2n) is 5.28. The quantitative estimate of drug-likeness (QED) is 0.775. The van der Waals surface area contributed by atoms with Gasteiger partial charge in [0.1, 0.15) is 0 Å². The molecule has 1 unspecified atom stereocenters. The Bertz CT molecular complexity index is 193. The lowest BCUT2D eigenvalue weighted by molar-refractivity contribution is -0.0399. The van der Waals surface area contributed by atoms with Gasteiger partial charge in [0.25, 0.3) is 0 Å². The van der Waals surface area contributed by atoms with E-state index in [9.17, 15) is 5.11 Å². The summed E-state index contributed by atoms with van der Waals surface area (Å²) in [5.41, 5.74) is 0.162. The maximum absolute atomic E-state index is 10.3. The second-order valence-corrected chi connectivity index (χ2v) is 5.28. The molecule has 0 aromatic carbocycles. The van der Waals surface area contributed by atoms with Crippen molar-refractivity contribution >= 4 is 0 Å². The minimum Gasteiger partial charge on any atom is -0.391 e. The Hall–Kier alpha value is -0.0800. The summed E-state index contributed by atoms with van der Waals surface area (Å²) in [5.74, 6) is 0. The highest BCUT2D eigenvalue weighted by Crippen LogP contribution is 2.40. The molecule has 2 fully saturated rings. The molecular weight excluding hydrogens is 186 g/mol. The van der Waals surface area contributed by atoms with Gasteiger partial charge in [0, 0.05) is 5.54 Å². The lowest BCUT2D eigenvalue weighted by atomic mass is 9.85. The van der Waals surface area contributed by atoms with Crippen molar-refractivity contribution in [2.75, 3.05) is 13.1 Å². The molecule has 1 aliphatic carbocycles. The molecule has 0 aromatic rings. The van der Waals surface area contributed by atoms with Crippen molar-refractivity contribution in [1.29, 1.82) is 0 Å². The van der Waals surface area contributed by atoms with E-state index in [-0.39, 0.29) is 11.6 Å². The van der Waals surface area contributed by atoms with Gasteiger partial charge in [0.05, 0.1) is 6.10 Å². The topological polar surface area (TPSA) is 23.5 Å². The first-order valence-electron chi connectivity index (χ1n) is 6.73. The fraction of sp³-hybridized carbons (Fsp3) is 1.00. The molecule has 1 aliphatic heterocycles. The Kier molecular flexibility index (Phi) is 3.68. The molecule has 1 saturated carbocycles. The van der Waals surface area contributed by atoms with Gasteiger partial charge in [0.2, 0.25) is 0 Å². The van der Waals surface area contributed by atoms with Gasteiger partial charge in [-0.25, -0.2) is 0 Å². The maximum atomic E-state index is 10.3. The number of hydrogen-bond donors (Lipinski definition) is 1. The number of hydrogen-bond acceptors (Lipinski definition) is 2. The van der Waals surface area contributed by atoms with Gasteiger partial charge >= 0.3 is 0 Å². The second kappa shape index (κ2) is 4.84. The minimum atomic E-state index is -0.0990. The minimum absolute atomic E-state index is 0.0990. The van der Waals surface area contributed by atoms with Crippen molar-refractivity contribution in [2.45, 2.75) is 69.9 Å². The molecule has 1 N–H and O–H groups in total. The summed E-state index contributed by atoms with van der Waals surface area (Å²) < 4.78 is 0. The summed E-state index contributed by atoms with van der Waals surface area (Å²) in [4.78, 5) is 2.61. The molecule has 1 heterocycles. The molecule has 2 heteroatoms. The van der Waals surface area contributed by atoms with Crippen LogP contribution in [0.2, 0.25) is 0 Å². The Morgan fingerprint density at radius 2 is 1.67 bits per heavy atom. The Morgan fingerprint density at radius 1 is 1.07 bits per heavy atom. The highest BCUT2D eigenvalue weighted by atomic mass is 16.3. The number of nitrogens with zero attached hydrogens (tertiary/aromatic N) is 1. The predicted octanol–water partition coefficient (Wildman–Crippen LogP) is 2.56. The van der Waals surface area contributed by atoms with E-state index in [1.807, 2.05) is 0 Å². The van der Waals surface area contributed by atoms with Gasteiger partial charge in [-0.1, -0.05) is 26.2 Å². The van der Waals surface area contributed by atoms with Gasteiger partial charge in [-0.05, 0) is 45.2 Å². The molecule has 88 valence electrons. The number of aliphatic hydroxyl groups is 1. The van der Waals surface area contributed by atoms with Gasteiger partial charge in [-0.2, -0.15) is 0 Å². The molecule has 0 amide bonds. The Balaban J connectivity index is 2.09. The third-order valence-corrected chi connectivity index (χ3v) is 4.46. The van der Waals surface area contributed by atoms with Gasteiger partial charge in [0.15, 0.2) is 0 Å². The van der Waals surface area contributed by atoms with Crippen LogP contribution in [0.3, 0.4) is 0 Å². The molecule has 1 atom stereocenters. The molecule has 0 radical (unpaired) electrons. The molecule has 15 heavy (non-hydrogen) atoms. The Labute approximate surface area is 93.7 Å². The average molecular weight is 211 g/mol. The van der Waals surface area contributed by atoms with Crippen LogP contribution in [0.1, 0.15) is 58.3 Å². The lowest BCUT2D eigenvalue weighted by Crippen LogP contribution is -2.56. The van der Waals surface area contributed by atoms with Crippen molar-refractivity contribution in [1.82, 2.24) is 4.90 Å². The Morgan fingerprint density at radius 3 is 2.20 bits per heavy atom. The van der Waals surface area contributed by atoms with E-state index in [0.29, 0.717) is 0 Å². The van der Waals surface area contributed by atoms with Crippen LogP contribution in [0.5, 0.6) is 0 Å². The average Bonchev–Trinajstić information content (AvgIpc) is 2.79. The predicted molar refractivity (Wildman–Crippen MR) is 62.9 cm³/mol. The van der Waals surface area contributed by atoms with E-state index >= 15 is 0 Å².